The zero-order valence-electron chi connectivity index (χ0n) is 12.2. The Labute approximate surface area is 126 Å². The molecule has 0 saturated carbocycles. The van der Waals surface area contributed by atoms with E-state index < -0.39 is 9.84 Å². The lowest BCUT2D eigenvalue weighted by atomic mass is 10.1. The smallest absolute Gasteiger partial charge is 0.151 e. The van der Waals surface area contributed by atoms with Crippen molar-refractivity contribution in [3.05, 3.63) is 35.4 Å². The Morgan fingerprint density at radius 1 is 1.38 bits per heavy atom. The topological polar surface area (TPSA) is 57.6 Å². The number of aliphatic hydroxyl groups is 1. The van der Waals surface area contributed by atoms with Gasteiger partial charge in [0.2, 0.25) is 0 Å². The molecule has 1 aliphatic rings. The molecular weight excluding hydrogens is 286 g/mol. The lowest BCUT2D eigenvalue weighted by molar-refractivity contribution is 0.254. The third kappa shape index (κ3) is 4.57. The van der Waals surface area contributed by atoms with Gasteiger partial charge in [0.15, 0.2) is 9.84 Å². The quantitative estimate of drug-likeness (QED) is 0.845. The third-order valence-electron chi connectivity index (χ3n) is 3.73. The highest BCUT2D eigenvalue weighted by atomic mass is 32.2. The van der Waals surface area contributed by atoms with Crippen molar-refractivity contribution >= 4 is 9.84 Å². The molecule has 1 heterocycles. The Hall–Kier alpha value is -1.35. The van der Waals surface area contributed by atoms with Crippen LogP contribution in [0.5, 0.6) is 0 Å². The Morgan fingerprint density at radius 3 is 2.81 bits per heavy atom. The first-order valence-electron chi connectivity index (χ1n) is 7.10. The normalized spacial score (nSPS) is 20.2. The average Bonchev–Trinajstić information content (AvgIpc) is 2.81. The van der Waals surface area contributed by atoms with Gasteiger partial charge in [0.25, 0.3) is 0 Å². The van der Waals surface area contributed by atoms with Gasteiger partial charge in [-0.1, -0.05) is 30.0 Å². The summed E-state index contributed by atoms with van der Waals surface area (Å²) in [5, 5.41) is 8.78. The van der Waals surface area contributed by atoms with Crippen LogP contribution in [0.3, 0.4) is 0 Å². The highest BCUT2D eigenvalue weighted by Gasteiger charge is 2.30. The van der Waals surface area contributed by atoms with Gasteiger partial charge in [0.05, 0.1) is 18.1 Å². The molecule has 2 rings (SSSR count). The zero-order valence-corrected chi connectivity index (χ0v) is 13.1. The highest BCUT2D eigenvalue weighted by molar-refractivity contribution is 7.91. The Bertz CT molecular complexity index is 643. The van der Waals surface area contributed by atoms with Gasteiger partial charge in [-0.25, -0.2) is 8.42 Å². The van der Waals surface area contributed by atoms with Gasteiger partial charge >= 0.3 is 0 Å². The van der Waals surface area contributed by atoms with E-state index in [1.807, 2.05) is 31.3 Å². The Kier molecular flexibility index (Phi) is 5.40. The lowest BCUT2D eigenvalue weighted by Crippen LogP contribution is -2.32. The lowest BCUT2D eigenvalue weighted by Gasteiger charge is -2.23. The summed E-state index contributed by atoms with van der Waals surface area (Å²) < 4.78 is 23.1. The number of aliphatic hydroxyl groups excluding tert-OH is 1. The fraction of sp³-hybridized carbons (Fsp3) is 0.500. The number of hydrogen-bond acceptors (Lipinski definition) is 4. The number of sulfone groups is 1. The van der Waals surface area contributed by atoms with Crippen LogP contribution in [-0.4, -0.2) is 49.6 Å². The first-order chi connectivity index (χ1) is 10.0. The van der Waals surface area contributed by atoms with Gasteiger partial charge in [0, 0.05) is 24.6 Å². The van der Waals surface area contributed by atoms with Gasteiger partial charge in [0.1, 0.15) is 0 Å². The molecule has 0 spiro atoms. The minimum Gasteiger partial charge on any atom is -0.395 e. The van der Waals surface area contributed by atoms with E-state index in [0.717, 1.165) is 11.1 Å². The fourth-order valence-corrected chi connectivity index (χ4v) is 4.32. The van der Waals surface area contributed by atoms with Crippen LogP contribution in [0.25, 0.3) is 0 Å². The maximum absolute atomic E-state index is 11.6. The molecule has 0 radical (unpaired) electrons. The van der Waals surface area contributed by atoms with Crippen molar-refractivity contribution in [3.63, 3.8) is 0 Å². The minimum atomic E-state index is -2.86. The summed E-state index contributed by atoms with van der Waals surface area (Å²) in [6, 6.07) is 7.97. The second kappa shape index (κ2) is 7.08. The molecule has 1 saturated heterocycles. The molecule has 0 amide bonds. The molecular formula is C16H21NO3S. The first kappa shape index (κ1) is 16.0. The Balaban J connectivity index is 2.08. The summed E-state index contributed by atoms with van der Waals surface area (Å²) in [7, 11) is -0.896. The zero-order chi connectivity index (χ0) is 15.3. The van der Waals surface area contributed by atoms with Gasteiger partial charge in [-0.05, 0) is 25.1 Å². The van der Waals surface area contributed by atoms with E-state index in [4.69, 9.17) is 5.11 Å². The largest absolute Gasteiger partial charge is 0.395 e. The van der Waals surface area contributed by atoms with Crippen LogP contribution in [0.15, 0.2) is 24.3 Å². The van der Waals surface area contributed by atoms with Crippen LogP contribution in [0.1, 0.15) is 24.0 Å². The van der Waals surface area contributed by atoms with Crippen molar-refractivity contribution in [2.45, 2.75) is 25.4 Å². The first-order valence-corrected chi connectivity index (χ1v) is 8.92. The molecule has 0 bridgehead atoms. The molecule has 1 atom stereocenters. The molecule has 1 fully saturated rings. The maximum Gasteiger partial charge on any atom is 0.151 e. The maximum atomic E-state index is 11.6. The summed E-state index contributed by atoms with van der Waals surface area (Å²) in [6.07, 6.45) is 1.17. The predicted octanol–water partition coefficient (Wildman–Crippen LogP) is 1.04. The van der Waals surface area contributed by atoms with E-state index in [0.29, 0.717) is 25.1 Å². The van der Waals surface area contributed by atoms with E-state index >= 15 is 0 Å². The average molecular weight is 307 g/mol. The molecule has 0 aliphatic carbocycles. The predicted molar refractivity (Wildman–Crippen MR) is 83.5 cm³/mol. The van der Waals surface area contributed by atoms with E-state index in [-0.39, 0.29) is 18.4 Å². The fourth-order valence-electron chi connectivity index (χ4n) is 2.51. The van der Waals surface area contributed by atoms with Crippen LogP contribution in [-0.2, 0) is 16.4 Å². The summed E-state index contributed by atoms with van der Waals surface area (Å²) in [5.41, 5.74) is 2.04. The standard InChI is InChI=1S/C16H21NO3S/c1-17(16-9-11-21(19,20)13-16)12-15-8-3-2-6-14(15)7-4-5-10-18/h2-3,6,8,16,18H,5,9-13H2,1H3. The van der Waals surface area contributed by atoms with Crippen LogP contribution in [0, 0.1) is 11.8 Å². The van der Waals surface area contributed by atoms with Crippen LogP contribution in [0.4, 0.5) is 0 Å². The van der Waals surface area contributed by atoms with Crippen molar-refractivity contribution < 1.29 is 13.5 Å². The van der Waals surface area contributed by atoms with Crippen molar-refractivity contribution in [3.8, 4) is 11.8 Å². The molecule has 1 N–H and O–H groups in total. The summed E-state index contributed by atoms with van der Waals surface area (Å²) in [4.78, 5) is 2.09. The number of rotatable bonds is 4. The highest BCUT2D eigenvalue weighted by Crippen LogP contribution is 2.19. The molecule has 4 nitrogen and oxygen atoms in total. The van der Waals surface area contributed by atoms with Gasteiger partial charge in [-0.15, -0.1) is 0 Å². The van der Waals surface area contributed by atoms with Gasteiger partial charge in [-0.3, -0.25) is 4.90 Å². The van der Waals surface area contributed by atoms with Crippen molar-refractivity contribution in [2.24, 2.45) is 0 Å². The third-order valence-corrected chi connectivity index (χ3v) is 5.48. The van der Waals surface area contributed by atoms with Crippen molar-refractivity contribution in [1.82, 2.24) is 4.90 Å². The number of benzene rings is 1. The molecule has 1 unspecified atom stereocenters. The Morgan fingerprint density at radius 2 is 2.14 bits per heavy atom. The SMILES string of the molecule is CN(Cc1ccccc1C#CCCO)C1CCS(=O)(=O)C1. The van der Waals surface area contributed by atoms with E-state index in [1.165, 1.54) is 0 Å². The molecule has 5 heteroatoms. The minimum absolute atomic E-state index is 0.0645. The van der Waals surface area contributed by atoms with Gasteiger partial charge < -0.3 is 5.11 Å². The summed E-state index contributed by atoms with van der Waals surface area (Å²) in [6.45, 7) is 0.749. The van der Waals surface area contributed by atoms with E-state index in [2.05, 4.69) is 16.7 Å². The summed E-state index contributed by atoms with van der Waals surface area (Å²) in [5.74, 6) is 6.55. The van der Waals surface area contributed by atoms with E-state index in [9.17, 15) is 8.42 Å². The van der Waals surface area contributed by atoms with E-state index in [1.54, 1.807) is 0 Å². The molecule has 0 aromatic heterocycles. The molecule has 114 valence electrons. The summed E-state index contributed by atoms with van der Waals surface area (Å²) >= 11 is 0. The van der Waals surface area contributed by atoms with Crippen LogP contribution in [0.2, 0.25) is 0 Å². The molecule has 21 heavy (non-hydrogen) atoms. The molecule has 1 aromatic carbocycles. The monoisotopic (exact) mass is 307 g/mol. The van der Waals surface area contributed by atoms with Crippen molar-refractivity contribution in [2.75, 3.05) is 25.2 Å². The van der Waals surface area contributed by atoms with Crippen LogP contribution < -0.4 is 0 Å². The second-order valence-electron chi connectivity index (χ2n) is 5.40. The van der Waals surface area contributed by atoms with Crippen LogP contribution >= 0.6 is 0 Å². The van der Waals surface area contributed by atoms with Gasteiger partial charge in [-0.2, -0.15) is 0 Å². The number of nitrogens with zero attached hydrogens (tertiary/aromatic N) is 1. The number of hydrogen-bond donors (Lipinski definition) is 1. The molecule has 1 aliphatic heterocycles. The van der Waals surface area contributed by atoms with Crippen molar-refractivity contribution in [1.29, 1.82) is 0 Å². The second-order valence-corrected chi connectivity index (χ2v) is 7.63. The molecule has 1 aromatic rings.